The van der Waals surface area contributed by atoms with Gasteiger partial charge in [0.2, 0.25) is 11.8 Å². The van der Waals surface area contributed by atoms with Crippen molar-refractivity contribution in [3.05, 3.63) is 29.6 Å². The highest BCUT2D eigenvalue weighted by Crippen LogP contribution is 2.33. The van der Waals surface area contributed by atoms with Gasteiger partial charge in [-0.15, -0.1) is 0 Å². The van der Waals surface area contributed by atoms with Crippen LogP contribution in [0, 0.1) is 11.7 Å². The van der Waals surface area contributed by atoms with Gasteiger partial charge in [0.05, 0.1) is 11.3 Å². The van der Waals surface area contributed by atoms with Crippen molar-refractivity contribution < 1.29 is 18.8 Å². The second-order valence-corrected chi connectivity index (χ2v) is 7.81. The van der Waals surface area contributed by atoms with E-state index in [4.69, 9.17) is 0 Å². The van der Waals surface area contributed by atoms with Crippen molar-refractivity contribution in [3.8, 4) is 0 Å². The molecule has 3 aliphatic heterocycles. The first-order valence-electron chi connectivity index (χ1n) is 9.65. The van der Waals surface area contributed by atoms with Crippen molar-refractivity contribution >= 4 is 23.4 Å². The number of fused-ring (bicyclic) bond motifs is 2. The van der Waals surface area contributed by atoms with Gasteiger partial charge in [-0.3, -0.25) is 14.4 Å². The van der Waals surface area contributed by atoms with Gasteiger partial charge in [-0.2, -0.15) is 0 Å². The molecule has 0 saturated carbocycles. The molecule has 0 radical (unpaired) electrons. The number of hydrogen-bond donors (Lipinski definition) is 0. The lowest BCUT2D eigenvalue weighted by Crippen LogP contribution is -2.49. The number of anilines is 1. The zero-order valence-electron chi connectivity index (χ0n) is 15.5. The number of benzene rings is 1. The molecule has 6 nitrogen and oxygen atoms in total. The summed E-state index contributed by atoms with van der Waals surface area (Å²) in [6, 6.07) is 3.27. The summed E-state index contributed by atoms with van der Waals surface area (Å²) >= 11 is 0. The van der Waals surface area contributed by atoms with Crippen LogP contribution >= 0.6 is 0 Å². The van der Waals surface area contributed by atoms with Crippen molar-refractivity contribution in [3.63, 3.8) is 0 Å². The molecule has 1 atom stereocenters. The SMILES string of the molecule is CC1CCN(C(=O)CN2C(=O)[C@@H]3CCCN3C(=O)c3ccc(F)cc32)CC1. The Kier molecular flexibility index (Phi) is 4.61. The topological polar surface area (TPSA) is 60.9 Å². The Hall–Kier alpha value is -2.44. The summed E-state index contributed by atoms with van der Waals surface area (Å²) in [4.78, 5) is 43.5. The number of amides is 3. The number of hydrogen-bond acceptors (Lipinski definition) is 3. The van der Waals surface area contributed by atoms with E-state index in [9.17, 15) is 18.8 Å². The highest BCUT2D eigenvalue weighted by atomic mass is 19.1. The number of rotatable bonds is 2. The van der Waals surface area contributed by atoms with Gasteiger partial charge in [0, 0.05) is 19.6 Å². The summed E-state index contributed by atoms with van der Waals surface area (Å²) in [7, 11) is 0. The summed E-state index contributed by atoms with van der Waals surface area (Å²) in [6.45, 7) is 3.87. The molecule has 0 unspecified atom stereocenters. The summed E-state index contributed by atoms with van der Waals surface area (Å²) < 4.78 is 13.9. The molecule has 4 rings (SSSR count). The predicted molar refractivity (Wildman–Crippen MR) is 97.8 cm³/mol. The molecule has 0 spiro atoms. The van der Waals surface area contributed by atoms with Gasteiger partial charge in [0.15, 0.2) is 0 Å². The largest absolute Gasteiger partial charge is 0.341 e. The van der Waals surface area contributed by atoms with Gasteiger partial charge in [-0.05, 0) is 49.8 Å². The number of nitrogens with zero attached hydrogens (tertiary/aromatic N) is 3. The highest BCUT2D eigenvalue weighted by molar-refractivity contribution is 6.12. The van der Waals surface area contributed by atoms with Crippen LogP contribution in [0.15, 0.2) is 18.2 Å². The van der Waals surface area contributed by atoms with Gasteiger partial charge >= 0.3 is 0 Å². The quantitative estimate of drug-likeness (QED) is 0.797. The standard InChI is InChI=1S/C20H24FN3O3/c1-13-6-9-22(10-7-13)18(25)12-24-17-11-14(21)4-5-15(17)19(26)23-8-2-3-16(23)20(24)27/h4-5,11,13,16H,2-3,6-10,12H2,1H3/t16-/m0/s1. The first-order chi connectivity index (χ1) is 13.0. The van der Waals surface area contributed by atoms with Gasteiger partial charge in [-0.1, -0.05) is 6.92 Å². The normalized spacial score (nSPS) is 23.3. The second-order valence-electron chi connectivity index (χ2n) is 7.81. The van der Waals surface area contributed by atoms with E-state index in [0.29, 0.717) is 32.0 Å². The molecule has 3 aliphatic rings. The number of halogens is 1. The third kappa shape index (κ3) is 3.19. The van der Waals surface area contributed by atoms with Crippen LogP contribution < -0.4 is 4.90 Å². The van der Waals surface area contributed by atoms with E-state index >= 15 is 0 Å². The van der Waals surface area contributed by atoms with Crippen LogP contribution in [-0.2, 0) is 9.59 Å². The van der Waals surface area contributed by atoms with Crippen molar-refractivity contribution in [2.75, 3.05) is 31.1 Å². The predicted octanol–water partition coefficient (Wildman–Crippen LogP) is 2.04. The summed E-state index contributed by atoms with van der Waals surface area (Å²) in [5.74, 6) is -0.634. The van der Waals surface area contributed by atoms with Gasteiger partial charge in [-0.25, -0.2) is 4.39 Å². The van der Waals surface area contributed by atoms with Gasteiger partial charge in [0.1, 0.15) is 18.4 Å². The van der Waals surface area contributed by atoms with Crippen molar-refractivity contribution in [2.45, 2.75) is 38.6 Å². The van der Waals surface area contributed by atoms with Crippen LogP contribution in [0.1, 0.15) is 43.0 Å². The maximum Gasteiger partial charge on any atom is 0.256 e. The molecule has 144 valence electrons. The molecule has 2 saturated heterocycles. The minimum atomic E-state index is -0.567. The molecular weight excluding hydrogens is 349 g/mol. The molecule has 2 fully saturated rings. The van der Waals surface area contributed by atoms with E-state index in [1.165, 1.54) is 23.1 Å². The second kappa shape index (κ2) is 6.94. The number of likely N-dealkylation sites (tertiary alicyclic amines) is 1. The van der Waals surface area contributed by atoms with Crippen LogP contribution in [0.3, 0.4) is 0 Å². The number of carbonyl (C=O) groups excluding carboxylic acids is 3. The van der Waals surface area contributed by atoms with Crippen LogP contribution in [-0.4, -0.2) is 59.7 Å². The summed E-state index contributed by atoms with van der Waals surface area (Å²) in [5, 5.41) is 0. The Morgan fingerprint density at radius 1 is 1.15 bits per heavy atom. The Bertz CT molecular complexity index is 789. The molecule has 7 heteroatoms. The van der Waals surface area contributed by atoms with Gasteiger partial charge < -0.3 is 14.7 Å². The number of piperidine rings is 1. The summed E-state index contributed by atoms with van der Waals surface area (Å²) in [6.07, 6.45) is 3.22. The first-order valence-corrected chi connectivity index (χ1v) is 9.65. The highest BCUT2D eigenvalue weighted by Gasteiger charge is 2.43. The van der Waals surface area contributed by atoms with Crippen molar-refractivity contribution in [1.29, 1.82) is 0 Å². The van der Waals surface area contributed by atoms with E-state index in [1.54, 1.807) is 9.80 Å². The molecule has 0 N–H and O–H groups in total. The van der Waals surface area contributed by atoms with Crippen molar-refractivity contribution in [1.82, 2.24) is 9.80 Å². The molecule has 0 aromatic heterocycles. The zero-order valence-corrected chi connectivity index (χ0v) is 15.5. The average molecular weight is 373 g/mol. The molecule has 27 heavy (non-hydrogen) atoms. The molecule has 0 bridgehead atoms. The smallest absolute Gasteiger partial charge is 0.256 e. The van der Waals surface area contributed by atoms with Crippen LogP contribution in [0.2, 0.25) is 0 Å². The Morgan fingerprint density at radius 2 is 1.89 bits per heavy atom. The fourth-order valence-corrected chi connectivity index (χ4v) is 4.29. The summed E-state index contributed by atoms with van der Waals surface area (Å²) in [5.41, 5.74) is 0.493. The molecule has 1 aromatic carbocycles. The molecular formula is C20H24FN3O3. The maximum atomic E-state index is 13.9. The molecule has 1 aromatic rings. The van der Waals surface area contributed by atoms with Gasteiger partial charge in [0.25, 0.3) is 5.91 Å². The maximum absolute atomic E-state index is 13.9. The third-order valence-corrected chi connectivity index (χ3v) is 5.98. The Balaban J connectivity index is 1.66. The van der Waals surface area contributed by atoms with Crippen LogP contribution in [0.5, 0.6) is 0 Å². The lowest BCUT2D eigenvalue weighted by molar-refractivity contribution is -0.133. The van der Waals surface area contributed by atoms with E-state index in [-0.39, 0.29) is 35.5 Å². The monoisotopic (exact) mass is 373 g/mol. The molecule has 3 heterocycles. The minimum absolute atomic E-state index is 0.149. The Morgan fingerprint density at radius 3 is 2.63 bits per heavy atom. The zero-order chi connectivity index (χ0) is 19.1. The van der Waals surface area contributed by atoms with E-state index < -0.39 is 11.9 Å². The fourth-order valence-electron chi connectivity index (χ4n) is 4.29. The van der Waals surface area contributed by atoms with E-state index in [2.05, 4.69) is 6.92 Å². The fraction of sp³-hybridized carbons (Fsp3) is 0.550. The minimum Gasteiger partial charge on any atom is -0.341 e. The van der Waals surface area contributed by atoms with Crippen molar-refractivity contribution in [2.24, 2.45) is 5.92 Å². The van der Waals surface area contributed by atoms with E-state index in [1.807, 2.05) is 0 Å². The average Bonchev–Trinajstić information content (AvgIpc) is 3.12. The lowest BCUT2D eigenvalue weighted by Gasteiger charge is -2.33. The third-order valence-electron chi connectivity index (χ3n) is 5.98. The van der Waals surface area contributed by atoms with Crippen LogP contribution in [0.4, 0.5) is 10.1 Å². The van der Waals surface area contributed by atoms with E-state index in [0.717, 1.165) is 19.3 Å². The lowest BCUT2D eigenvalue weighted by atomic mass is 9.99. The number of carbonyl (C=O) groups is 3. The molecule has 3 amide bonds. The van der Waals surface area contributed by atoms with Crippen LogP contribution in [0.25, 0.3) is 0 Å². The Labute approximate surface area is 157 Å². The molecule has 0 aliphatic carbocycles. The first kappa shape index (κ1) is 17.9.